The van der Waals surface area contributed by atoms with Gasteiger partial charge in [-0.15, -0.1) is 0 Å². The number of likely N-dealkylation sites (tertiary alicyclic amines) is 1. The van der Waals surface area contributed by atoms with E-state index in [9.17, 15) is 0 Å². The summed E-state index contributed by atoms with van der Waals surface area (Å²) in [5.74, 6) is 0. The Balaban J connectivity index is 2.71. The molecule has 4 nitrogen and oxygen atoms in total. The fourth-order valence-corrected chi connectivity index (χ4v) is 3.07. The molecule has 1 fully saturated rings. The minimum Gasteiger partial charge on any atom is -0.329 e. The van der Waals surface area contributed by atoms with Crippen molar-refractivity contribution in [3.63, 3.8) is 0 Å². The molecule has 1 aliphatic rings. The van der Waals surface area contributed by atoms with Crippen LogP contribution in [0.4, 0.5) is 0 Å². The molecular formula is C14H32N4. The highest BCUT2D eigenvalue weighted by Crippen LogP contribution is 2.26. The summed E-state index contributed by atoms with van der Waals surface area (Å²) in [5, 5.41) is 0. The Labute approximate surface area is 113 Å². The summed E-state index contributed by atoms with van der Waals surface area (Å²) >= 11 is 0. The lowest BCUT2D eigenvalue weighted by atomic mass is 9.87. The highest BCUT2D eigenvalue weighted by Gasteiger charge is 2.37. The van der Waals surface area contributed by atoms with Gasteiger partial charge in [-0.25, -0.2) is 0 Å². The lowest BCUT2D eigenvalue weighted by Crippen LogP contribution is -2.63. The second-order valence-corrected chi connectivity index (χ2v) is 6.06. The Hall–Kier alpha value is -0.160. The molecular weight excluding hydrogens is 224 g/mol. The monoisotopic (exact) mass is 256 g/mol. The average molecular weight is 256 g/mol. The third-order valence-corrected chi connectivity index (χ3v) is 4.11. The molecule has 108 valence electrons. The van der Waals surface area contributed by atoms with Crippen LogP contribution in [0.15, 0.2) is 0 Å². The molecule has 1 unspecified atom stereocenters. The van der Waals surface area contributed by atoms with Crippen molar-refractivity contribution >= 4 is 0 Å². The third kappa shape index (κ3) is 4.19. The number of hydrogen-bond donors (Lipinski definition) is 1. The van der Waals surface area contributed by atoms with Crippen molar-refractivity contribution in [3.05, 3.63) is 0 Å². The average Bonchev–Trinajstić information content (AvgIpc) is 2.34. The van der Waals surface area contributed by atoms with E-state index in [4.69, 9.17) is 5.73 Å². The summed E-state index contributed by atoms with van der Waals surface area (Å²) < 4.78 is 0. The van der Waals surface area contributed by atoms with E-state index < -0.39 is 0 Å². The quantitative estimate of drug-likeness (QED) is 0.727. The Morgan fingerprint density at radius 1 is 1.22 bits per heavy atom. The summed E-state index contributed by atoms with van der Waals surface area (Å²) in [4.78, 5) is 7.34. The summed E-state index contributed by atoms with van der Waals surface area (Å²) in [6.07, 6.45) is 3.73. The van der Waals surface area contributed by atoms with E-state index in [-0.39, 0.29) is 5.54 Å². The molecule has 0 aromatic heterocycles. The van der Waals surface area contributed by atoms with Gasteiger partial charge in [0.15, 0.2) is 0 Å². The molecule has 1 heterocycles. The van der Waals surface area contributed by atoms with Crippen LogP contribution >= 0.6 is 0 Å². The van der Waals surface area contributed by atoms with Crippen LogP contribution in [-0.4, -0.2) is 80.7 Å². The Morgan fingerprint density at radius 2 is 1.94 bits per heavy atom. The highest BCUT2D eigenvalue weighted by atomic mass is 15.3. The smallest absolute Gasteiger partial charge is 0.0459 e. The van der Waals surface area contributed by atoms with E-state index in [0.717, 1.165) is 26.2 Å². The maximum absolute atomic E-state index is 6.16. The van der Waals surface area contributed by atoms with Crippen molar-refractivity contribution in [2.75, 3.05) is 60.4 Å². The fraction of sp³-hybridized carbons (Fsp3) is 1.00. The molecule has 18 heavy (non-hydrogen) atoms. The lowest BCUT2D eigenvalue weighted by Gasteiger charge is -2.49. The van der Waals surface area contributed by atoms with Crippen LogP contribution in [0.2, 0.25) is 0 Å². The van der Waals surface area contributed by atoms with Crippen LogP contribution in [-0.2, 0) is 0 Å². The van der Waals surface area contributed by atoms with Crippen molar-refractivity contribution in [2.45, 2.75) is 31.7 Å². The molecule has 0 aliphatic carbocycles. The number of likely N-dealkylation sites (N-methyl/N-ethyl adjacent to an activating group) is 2. The number of hydrogen-bond acceptors (Lipinski definition) is 4. The third-order valence-electron chi connectivity index (χ3n) is 4.11. The van der Waals surface area contributed by atoms with E-state index in [1.54, 1.807) is 0 Å². The van der Waals surface area contributed by atoms with Crippen LogP contribution < -0.4 is 5.73 Å². The predicted molar refractivity (Wildman–Crippen MR) is 78.9 cm³/mol. The van der Waals surface area contributed by atoms with Gasteiger partial charge in [0.1, 0.15) is 0 Å². The summed E-state index contributed by atoms with van der Waals surface area (Å²) in [6, 6.07) is 0. The van der Waals surface area contributed by atoms with Gasteiger partial charge in [0.05, 0.1) is 0 Å². The lowest BCUT2D eigenvalue weighted by molar-refractivity contribution is 0.0218. The molecule has 0 amide bonds. The van der Waals surface area contributed by atoms with Gasteiger partial charge in [-0.05, 0) is 53.5 Å². The minimum atomic E-state index is 0.207. The molecule has 0 aromatic carbocycles. The van der Waals surface area contributed by atoms with Crippen molar-refractivity contribution in [2.24, 2.45) is 5.73 Å². The number of rotatable bonds is 7. The van der Waals surface area contributed by atoms with E-state index in [1.165, 1.54) is 32.4 Å². The standard InChI is InChI=1S/C14H32N4/c1-5-8-18(11-10-16(2)3)14(12-15)7-6-9-17(4)13-14/h5-13,15H2,1-4H3. The largest absolute Gasteiger partial charge is 0.329 e. The summed E-state index contributed by atoms with van der Waals surface area (Å²) in [7, 11) is 6.51. The van der Waals surface area contributed by atoms with E-state index in [2.05, 4.69) is 42.8 Å². The summed E-state index contributed by atoms with van der Waals surface area (Å²) in [6.45, 7) is 8.80. The van der Waals surface area contributed by atoms with Crippen LogP contribution in [0.25, 0.3) is 0 Å². The van der Waals surface area contributed by atoms with Crippen LogP contribution in [0.5, 0.6) is 0 Å². The maximum Gasteiger partial charge on any atom is 0.0459 e. The minimum absolute atomic E-state index is 0.207. The van der Waals surface area contributed by atoms with E-state index in [1.807, 2.05) is 0 Å². The molecule has 0 saturated carbocycles. The molecule has 0 aromatic rings. The van der Waals surface area contributed by atoms with Crippen molar-refractivity contribution in [1.82, 2.24) is 14.7 Å². The molecule has 1 saturated heterocycles. The van der Waals surface area contributed by atoms with Crippen LogP contribution in [0, 0.1) is 0 Å². The molecule has 0 radical (unpaired) electrons. The number of piperidine rings is 1. The number of nitrogens with two attached hydrogens (primary N) is 1. The first-order chi connectivity index (χ1) is 8.54. The maximum atomic E-state index is 6.16. The Bertz CT molecular complexity index is 232. The van der Waals surface area contributed by atoms with Crippen molar-refractivity contribution < 1.29 is 0 Å². The van der Waals surface area contributed by atoms with Crippen molar-refractivity contribution in [3.8, 4) is 0 Å². The Kier molecular flexibility index (Phi) is 6.57. The second-order valence-electron chi connectivity index (χ2n) is 6.06. The van der Waals surface area contributed by atoms with Gasteiger partial charge in [-0.1, -0.05) is 6.92 Å². The zero-order chi connectivity index (χ0) is 13.6. The predicted octanol–water partition coefficient (Wildman–Crippen LogP) is 0.683. The van der Waals surface area contributed by atoms with Crippen LogP contribution in [0.1, 0.15) is 26.2 Å². The van der Waals surface area contributed by atoms with Crippen LogP contribution in [0.3, 0.4) is 0 Å². The van der Waals surface area contributed by atoms with Gasteiger partial charge in [-0.3, -0.25) is 4.90 Å². The topological polar surface area (TPSA) is 35.7 Å². The van der Waals surface area contributed by atoms with Gasteiger partial charge in [0, 0.05) is 31.7 Å². The van der Waals surface area contributed by atoms with Gasteiger partial charge in [-0.2, -0.15) is 0 Å². The number of nitrogens with zero attached hydrogens (tertiary/aromatic N) is 3. The molecule has 0 bridgehead atoms. The molecule has 1 atom stereocenters. The van der Waals surface area contributed by atoms with E-state index in [0.29, 0.717) is 0 Å². The van der Waals surface area contributed by atoms with Gasteiger partial charge >= 0.3 is 0 Å². The first kappa shape index (κ1) is 15.9. The first-order valence-corrected chi connectivity index (χ1v) is 7.32. The van der Waals surface area contributed by atoms with Crippen molar-refractivity contribution in [1.29, 1.82) is 0 Å². The van der Waals surface area contributed by atoms with E-state index >= 15 is 0 Å². The normalized spacial score (nSPS) is 26.2. The van der Waals surface area contributed by atoms with Gasteiger partial charge in [0.2, 0.25) is 0 Å². The molecule has 2 N–H and O–H groups in total. The molecule has 1 aliphatic heterocycles. The summed E-state index contributed by atoms with van der Waals surface area (Å²) in [5.41, 5.74) is 6.36. The van der Waals surface area contributed by atoms with Gasteiger partial charge < -0.3 is 15.5 Å². The highest BCUT2D eigenvalue weighted by molar-refractivity contribution is 4.97. The molecule has 4 heteroatoms. The zero-order valence-corrected chi connectivity index (χ0v) is 12.8. The van der Waals surface area contributed by atoms with Gasteiger partial charge in [0.25, 0.3) is 0 Å². The first-order valence-electron chi connectivity index (χ1n) is 7.32. The SMILES string of the molecule is CCCN(CCN(C)C)C1(CN)CCCN(C)C1. The zero-order valence-electron chi connectivity index (χ0n) is 12.8. The fourth-order valence-electron chi connectivity index (χ4n) is 3.07. The Morgan fingerprint density at radius 3 is 2.44 bits per heavy atom. The second kappa shape index (κ2) is 7.43. The molecule has 0 spiro atoms. The molecule has 1 rings (SSSR count).